The number of morpholine rings is 1. The first-order valence-corrected chi connectivity index (χ1v) is 10.4. The van der Waals surface area contributed by atoms with Crippen LogP contribution in [0, 0.1) is 6.92 Å². The number of aryl methyl sites for hydroxylation is 1. The summed E-state index contributed by atoms with van der Waals surface area (Å²) in [5.41, 5.74) is 3.25. The highest BCUT2D eigenvalue weighted by molar-refractivity contribution is 8.00. The van der Waals surface area contributed by atoms with Crippen LogP contribution in [0.2, 0.25) is 0 Å². The number of amides is 2. The third kappa shape index (κ3) is 5.14. The molecular weight excluding hydrogens is 350 g/mol. The first-order chi connectivity index (χ1) is 12.6. The van der Waals surface area contributed by atoms with Crippen LogP contribution < -0.4 is 10.2 Å². The lowest BCUT2D eigenvalue weighted by Crippen LogP contribution is -2.41. The molecule has 2 fully saturated rings. The molecule has 2 heterocycles. The molecule has 26 heavy (non-hydrogen) atoms. The first kappa shape index (κ1) is 19.0. The van der Waals surface area contributed by atoms with Gasteiger partial charge in [0.2, 0.25) is 11.8 Å². The summed E-state index contributed by atoms with van der Waals surface area (Å²) in [7, 11) is 0. The molecule has 1 aromatic carbocycles. The fourth-order valence-corrected chi connectivity index (χ4v) is 4.10. The lowest BCUT2D eigenvalue weighted by molar-refractivity contribution is -0.132. The van der Waals surface area contributed by atoms with Gasteiger partial charge in [-0.15, -0.1) is 11.8 Å². The van der Waals surface area contributed by atoms with Crippen molar-refractivity contribution in [2.24, 2.45) is 0 Å². The number of rotatable bonds is 6. The molecule has 0 saturated carbocycles. The van der Waals surface area contributed by atoms with Gasteiger partial charge in [-0.3, -0.25) is 9.59 Å². The molecule has 0 atom stereocenters. The van der Waals surface area contributed by atoms with E-state index in [1.54, 1.807) is 4.90 Å². The number of nitrogens with zero attached hydrogens (tertiary/aromatic N) is 2. The standard InChI is InChI=1S/C19H27N3O3S/c1-15-12-16(4-5-17(15)21-6-2-3-7-21)20-18(23)13-26-14-19(24)22-8-10-25-11-9-22/h4-5,12H,2-3,6-11,13-14H2,1H3,(H,20,23). The number of hydrogen-bond acceptors (Lipinski definition) is 5. The van der Waals surface area contributed by atoms with E-state index in [1.807, 2.05) is 12.1 Å². The molecular formula is C19H27N3O3S. The highest BCUT2D eigenvalue weighted by atomic mass is 32.2. The van der Waals surface area contributed by atoms with Crippen LogP contribution >= 0.6 is 11.8 Å². The summed E-state index contributed by atoms with van der Waals surface area (Å²) < 4.78 is 5.24. The summed E-state index contributed by atoms with van der Waals surface area (Å²) in [6.07, 6.45) is 2.50. The molecule has 0 spiro atoms. The Balaban J connectivity index is 1.42. The molecule has 0 bridgehead atoms. The third-order valence-corrected chi connectivity index (χ3v) is 5.67. The van der Waals surface area contributed by atoms with Gasteiger partial charge in [0, 0.05) is 37.6 Å². The maximum Gasteiger partial charge on any atom is 0.234 e. The summed E-state index contributed by atoms with van der Waals surface area (Å²) in [5.74, 6) is 0.624. The molecule has 2 saturated heterocycles. The van der Waals surface area contributed by atoms with Gasteiger partial charge in [-0.05, 0) is 43.5 Å². The largest absolute Gasteiger partial charge is 0.378 e. The van der Waals surface area contributed by atoms with Gasteiger partial charge in [0.15, 0.2) is 0 Å². The Bertz CT molecular complexity index is 641. The molecule has 2 amide bonds. The van der Waals surface area contributed by atoms with E-state index in [0.717, 1.165) is 18.8 Å². The van der Waals surface area contributed by atoms with Crippen molar-refractivity contribution in [2.45, 2.75) is 19.8 Å². The molecule has 0 radical (unpaired) electrons. The van der Waals surface area contributed by atoms with Gasteiger partial charge >= 0.3 is 0 Å². The minimum Gasteiger partial charge on any atom is -0.378 e. The van der Waals surface area contributed by atoms with E-state index in [2.05, 4.69) is 23.2 Å². The molecule has 3 rings (SSSR count). The molecule has 2 aliphatic heterocycles. The van der Waals surface area contributed by atoms with Gasteiger partial charge in [0.05, 0.1) is 24.7 Å². The van der Waals surface area contributed by atoms with E-state index in [1.165, 1.54) is 35.9 Å². The van der Waals surface area contributed by atoms with Gasteiger partial charge in [-0.2, -0.15) is 0 Å². The number of ether oxygens (including phenoxy) is 1. The molecule has 1 aromatic rings. The smallest absolute Gasteiger partial charge is 0.234 e. The Kier molecular flexibility index (Phi) is 6.80. The molecule has 1 N–H and O–H groups in total. The number of anilines is 2. The predicted molar refractivity (Wildman–Crippen MR) is 106 cm³/mol. The molecule has 7 heteroatoms. The number of hydrogen-bond donors (Lipinski definition) is 1. The second-order valence-electron chi connectivity index (χ2n) is 6.73. The maximum absolute atomic E-state index is 12.1. The second kappa shape index (κ2) is 9.28. The van der Waals surface area contributed by atoms with Crippen LogP contribution in [0.1, 0.15) is 18.4 Å². The molecule has 6 nitrogen and oxygen atoms in total. The van der Waals surface area contributed by atoms with Gasteiger partial charge in [0.1, 0.15) is 0 Å². The number of carbonyl (C=O) groups excluding carboxylic acids is 2. The SMILES string of the molecule is Cc1cc(NC(=O)CSCC(=O)N2CCOCC2)ccc1N1CCCC1. The predicted octanol–water partition coefficient (Wildman–Crippen LogP) is 2.13. The zero-order chi connectivity index (χ0) is 18.4. The van der Waals surface area contributed by atoms with Crippen molar-refractivity contribution in [1.82, 2.24) is 4.90 Å². The minimum atomic E-state index is -0.0712. The molecule has 2 aliphatic rings. The fraction of sp³-hybridized carbons (Fsp3) is 0.579. The summed E-state index contributed by atoms with van der Waals surface area (Å²) in [6, 6.07) is 6.07. The topological polar surface area (TPSA) is 61.9 Å². The summed E-state index contributed by atoms with van der Waals surface area (Å²) in [4.78, 5) is 28.4. The van der Waals surface area contributed by atoms with E-state index in [9.17, 15) is 9.59 Å². The van der Waals surface area contributed by atoms with E-state index >= 15 is 0 Å². The van der Waals surface area contributed by atoms with E-state index < -0.39 is 0 Å². The second-order valence-corrected chi connectivity index (χ2v) is 7.72. The highest BCUT2D eigenvalue weighted by Crippen LogP contribution is 2.26. The van der Waals surface area contributed by atoms with E-state index in [4.69, 9.17) is 4.74 Å². The maximum atomic E-state index is 12.1. The normalized spacial score (nSPS) is 17.4. The van der Waals surface area contributed by atoms with Crippen LogP contribution in [0.3, 0.4) is 0 Å². The van der Waals surface area contributed by atoms with Crippen molar-refractivity contribution < 1.29 is 14.3 Å². The number of benzene rings is 1. The zero-order valence-corrected chi connectivity index (χ0v) is 16.1. The van der Waals surface area contributed by atoms with Crippen LogP contribution in [-0.2, 0) is 14.3 Å². The Morgan fingerprint density at radius 2 is 1.85 bits per heavy atom. The average molecular weight is 378 g/mol. The Morgan fingerprint density at radius 3 is 2.54 bits per heavy atom. The average Bonchev–Trinajstić information content (AvgIpc) is 3.17. The van der Waals surface area contributed by atoms with Gasteiger partial charge in [0.25, 0.3) is 0 Å². The van der Waals surface area contributed by atoms with Crippen LogP contribution in [-0.4, -0.2) is 67.6 Å². The van der Waals surface area contributed by atoms with Gasteiger partial charge < -0.3 is 19.9 Å². The van der Waals surface area contributed by atoms with Crippen molar-refractivity contribution in [2.75, 3.05) is 61.1 Å². The van der Waals surface area contributed by atoms with E-state index in [-0.39, 0.29) is 17.6 Å². The highest BCUT2D eigenvalue weighted by Gasteiger charge is 2.17. The van der Waals surface area contributed by atoms with Crippen molar-refractivity contribution in [1.29, 1.82) is 0 Å². The summed E-state index contributed by atoms with van der Waals surface area (Å²) >= 11 is 1.36. The van der Waals surface area contributed by atoms with Gasteiger partial charge in [-0.25, -0.2) is 0 Å². The molecule has 142 valence electrons. The van der Waals surface area contributed by atoms with Crippen molar-refractivity contribution in [3.63, 3.8) is 0 Å². The quantitative estimate of drug-likeness (QED) is 0.823. The van der Waals surface area contributed by atoms with Crippen molar-refractivity contribution in [3.8, 4) is 0 Å². The molecule has 0 aliphatic carbocycles. The van der Waals surface area contributed by atoms with Crippen LogP contribution in [0.4, 0.5) is 11.4 Å². The Morgan fingerprint density at radius 1 is 1.12 bits per heavy atom. The monoisotopic (exact) mass is 377 g/mol. The third-order valence-electron chi connectivity index (χ3n) is 4.75. The van der Waals surface area contributed by atoms with Gasteiger partial charge in [-0.1, -0.05) is 0 Å². The number of carbonyl (C=O) groups is 2. The molecule has 0 aromatic heterocycles. The summed E-state index contributed by atoms with van der Waals surface area (Å²) in [6.45, 7) is 6.80. The summed E-state index contributed by atoms with van der Waals surface area (Å²) in [5, 5.41) is 2.93. The van der Waals surface area contributed by atoms with E-state index in [0.29, 0.717) is 32.1 Å². The van der Waals surface area contributed by atoms with Crippen LogP contribution in [0.5, 0.6) is 0 Å². The van der Waals surface area contributed by atoms with Crippen molar-refractivity contribution >= 4 is 35.0 Å². The number of thioether (sulfide) groups is 1. The number of nitrogens with one attached hydrogen (secondary N) is 1. The van der Waals surface area contributed by atoms with Crippen molar-refractivity contribution in [3.05, 3.63) is 23.8 Å². The lowest BCUT2D eigenvalue weighted by Gasteiger charge is -2.26. The molecule has 0 unspecified atom stereocenters. The minimum absolute atomic E-state index is 0.0712. The Labute approximate surface area is 159 Å². The zero-order valence-electron chi connectivity index (χ0n) is 15.3. The van der Waals surface area contributed by atoms with Crippen LogP contribution in [0.25, 0.3) is 0 Å². The van der Waals surface area contributed by atoms with Crippen LogP contribution in [0.15, 0.2) is 18.2 Å². The fourth-order valence-electron chi connectivity index (χ4n) is 3.38. The first-order valence-electron chi connectivity index (χ1n) is 9.22. The lowest BCUT2D eigenvalue weighted by atomic mass is 10.1. The Hall–Kier alpha value is -1.73.